The van der Waals surface area contributed by atoms with E-state index in [0.29, 0.717) is 29.6 Å². The van der Waals surface area contributed by atoms with Crippen LogP contribution in [0.2, 0.25) is 0 Å². The van der Waals surface area contributed by atoms with E-state index in [-0.39, 0.29) is 11.5 Å². The summed E-state index contributed by atoms with van der Waals surface area (Å²) in [7, 11) is 2.09. The van der Waals surface area contributed by atoms with Crippen molar-refractivity contribution in [1.82, 2.24) is 4.98 Å². The van der Waals surface area contributed by atoms with Crippen LogP contribution in [-0.4, -0.2) is 55.3 Å². The van der Waals surface area contributed by atoms with Crippen molar-refractivity contribution in [3.8, 4) is 11.3 Å². The molecule has 1 aromatic heterocycles. The highest BCUT2D eigenvalue weighted by molar-refractivity contribution is 6.00. The largest absolute Gasteiger partial charge is 0.370 e. The van der Waals surface area contributed by atoms with Gasteiger partial charge in [0, 0.05) is 17.4 Å². The second-order valence-electron chi connectivity index (χ2n) is 8.26. The molecule has 1 aliphatic carbocycles. The van der Waals surface area contributed by atoms with Gasteiger partial charge in [-0.2, -0.15) is 0 Å². The molecule has 0 saturated carbocycles. The van der Waals surface area contributed by atoms with Gasteiger partial charge < -0.3 is 19.5 Å². The third kappa shape index (κ3) is 3.14. The van der Waals surface area contributed by atoms with Gasteiger partial charge in [0.05, 0.1) is 31.6 Å². The van der Waals surface area contributed by atoms with Crippen molar-refractivity contribution in [2.24, 2.45) is 0 Å². The monoisotopic (exact) mass is 390 g/mol. The fourth-order valence-corrected chi connectivity index (χ4v) is 4.55. The Bertz CT molecular complexity index is 1180. The number of hydrogen-bond acceptors (Lipinski definition) is 3. The van der Waals surface area contributed by atoms with E-state index in [2.05, 4.69) is 23.4 Å². The number of anilines is 1. The Kier molecular flexibility index (Phi) is 4.26. The molecule has 148 valence electrons. The molecule has 29 heavy (non-hydrogen) atoms. The molecule has 5 rings (SSSR count). The lowest BCUT2D eigenvalue weighted by Crippen LogP contribution is -2.55. The van der Waals surface area contributed by atoms with Gasteiger partial charge in [0.25, 0.3) is 11.5 Å². The molecule has 0 radical (unpaired) electrons. The number of ether oxygens (including phenoxy) is 1. The van der Waals surface area contributed by atoms with Gasteiger partial charge in [0.15, 0.2) is 6.54 Å². The molecular formula is C23H24N3O3+. The number of likely N-dealkylation sites (N-methyl/N-ethyl adjacent to an activating group) is 1. The average molecular weight is 390 g/mol. The van der Waals surface area contributed by atoms with Crippen LogP contribution < -0.4 is 10.9 Å². The van der Waals surface area contributed by atoms with E-state index in [0.717, 1.165) is 53.0 Å². The molecule has 2 aromatic carbocycles. The number of amides is 1. The predicted molar refractivity (Wildman–Crippen MR) is 113 cm³/mol. The Balaban J connectivity index is 1.51. The number of rotatable bonds is 3. The first-order chi connectivity index (χ1) is 14.0. The van der Waals surface area contributed by atoms with Crippen molar-refractivity contribution in [3.63, 3.8) is 0 Å². The van der Waals surface area contributed by atoms with Crippen LogP contribution in [0.25, 0.3) is 22.0 Å². The highest BCUT2D eigenvalue weighted by Gasteiger charge is 2.30. The summed E-state index contributed by atoms with van der Waals surface area (Å²) in [5.74, 6) is -0.0145. The summed E-state index contributed by atoms with van der Waals surface area (Å²) in [5, 5.41) is 4.79. The Morgan fingerprint density at radius 3 is 2.66 bits per heavy atom. The van der Waals surface area contributed by atoms with Crippen LogP contribution in [0.1, 0.15) is 11.1 Å². The van der Waals surface area contributed by atoms with Crippen LogP contribution in [0.3, 0.4) is 0 Å². The summed E-state index contributed by atoms with van der Waals surface area (Å²) in [5.41, 5.74) is 4.66. The quantitative estimate of drug-likeness (QED) is 0.528. The minimum absolute atomic E-state index is 0.0145. The highest BCUT2D eigenvalue weighted by atomic mass is 16.5. The van der Waals surface area contributed by atoms with Crippen molar-refractivity contribution >= 4 is 22.4 Å². The van der Waals surface area contributed by atoms with Crippen LogP contribution in [0.4, 0.5) is 5.69 Å². The number of aromatic amines is 1. The van der Waals surface area contributed by atoms with Gasteiger partial charge in [-0.05, 0) is 28.6 Å². The van der Waals surface area contributed by atoms with Crippen molar-refractivity contribution in [2.75, 3.05) is 45.2 Å². The number of nitrogens with one attached hydrogen (secondary N) is 2. The summed E-state index contributed by atoms with van der Waals surface area (Å²) in [6, 6.07) is 13.6. The second-order valence-corrected chi connectivity index (χ2v) is 8.26. The van der Waals surface area contributed by atoms with Gasteiger partial charge in [0.2, 0.25) is 0 Å². The first-order valence-electron chi connectivity index (χ1n) is 10.0. The normalized spacial score (nSPS) is 17.0. The molecule has 0 spiro atoms. The van der Waals surface area contributed by atoms with Crippen molar-refractivity contribution < 1.29 is 14.0 Å². The Morgan fingerprint density at radius 1 is 1.10 bits per heavy atom. The fourth-order valence-electron chi connectivity index (χ4n) is 4.55. The second kappa shape index (κ2) is 6.83. The molecule has 1 saturated heterocycles. The van der Waals surface area contributed by atoms with Crippen molar-refractivity contribution in [2.45, 2.75) is 6.42 Å². The van der Waals surface area contributed by atoms with E-state index in [4.69, 9.17) is 4.74 Å². The number of benzene rings is 2. The first kappa shape index (κ1) is 18.1. The van der Waals surface area contributed by atoms with E-state index in [9.17, 15) is 9.59 Å². The van der Waals surface area contributed by atoms with Crippen LogP contribution in [0.15, 0.2) is 47.3 Å². The molecule has 6 heteroatoms. The number of quaternary nitrogens is 1. The number of morpholine rings is 1. The highest BCUT2D eigenvalue weighted by Crippen LogP contribution is 2.42. The minimum atomic E-state index is -0.0975. The summed E-state index contributed by atoms with van der Waals surface area (Å²) in [6.07, 6.45) is 0.747. The fraction of sp³-hybridized carbons (Fsp3) is 0.304. The molecule has 0 unspecified atom stereocenters. The SMILES string of the molecule is C[N+]1(CC(=O)Nc2cccc3c2-c2[nH]c(=O)c4ccccc4c2C3)CCOCC1. The zero-order chi connectivity index (χ0) is 20.0. The Hall–Kier alpha value is -2.96. The Labute approximate surface area is 168 Å². The van der Waals surface area contributed by atoms with E-state index in [1.807, 2.05) is 36.4 Å². The number of carbonyl (C=O) groups is 1. The van der Waals surface area contributed by atoms with E-state index >= 15 is 0 Å². The Morgan fingerprint density at radius 2 is 1.86 bits per heavy atom. The topological polar surface area (TPSA) is 71.2 Å². The zero-order valence-corrected chi connectivity index (χ0v) is 16.5. The molecule has 2 N–H and O–H groups in total. The van der Waals surface area contributed by atoms with Crippen LogP contribution in [0, 0.1) is 0 Å². The van der Waals surface area contributed by atoms with Gasteiger partial charge in [-0.1, -0.05) is 30.3 Å². The molecule has 0 bridgehead atoms. The number of aromatic nitrogens is 1. The smallest absolute Gasteiger partial charge is 0.279 e. The lowest BCUT2D eigenvalue weighted by molar-refractivity contribution is -0.909. The lowest BCUT2D eigenvalue weighted by atomic mass is 10.0. The van der Waals surface area contributed by atoms with Crippen LogP contribution in [-0.2, 0) is 16.0 Å². The molecule has 6 nitrogen and oxygen atoms in total. The standard InChI is InChI=1S/C23H23N3O3/c1-26(9-11-29-12-10-26)14-20(27)24-19-8-4-5-15-13-18-16-6-2-3-7-17(16)23(28)25-22(18)21(15)19/h2-8H,9-14H2,1H3,(H-,24,25,27,28)/p+1. The van der Waals surface area contributed by atoms with E-state index in [1.165, 1.54) is 0 Å². The minimum Gasteiger partial charge on any atom is -0.370 e. The molecule has 1 fully saturated rings. The van der Waals surface area contributed by atoms with Crippen LogP contribution in [0.5, 0.6) is 0 Å². The summed E-state index contributed by atoms with van der Waals surface area (Å²) >= 11 is 0. The molecule has 0 atom stereocenters. The molecule has 2 aliphatic rings. The maximum Gasteiger partial charge on any atom is 0.279 e. The maximum atomic E-state index is 12.8. The van der Waals surface area contributed by atoms with Gasteiger partial charge in [-0.3, -0.25) is 9.59 Å². The molecular weight excluding hydrogens is 366 g/mol. The van der Waals surface area contributed by atoms with E-state index < -0.39 is 0 Å². The van der Waals surface area contributed by atoms with Crippen LogP contribution >= 0.6 is 0 Å². The molecule has 1 aliphatic heterocycles. The van der Waals surface area contributed by atoms with Gasteiger partial charge >= 0.3 is 0 Å². The lowest BCUT2D eigenvalue weighted by Gasteiger charge is -2.36. The molecule has 2 heterocycles. The number of hydrogen-bond donors (Lipinski definition) is 2. The number of H-pyrrole nitrogens is 1. The van der Waals surface area contributed by atoms with E-state index in [1.54, 1.807) is 0 Å². The number of pyridine rings is 1. The summed E-state index contributed by atoms with van der Waals surface area (Å²) in [6.45, 7) is 3.46. The molecule has 3 aromatic rings. The summed E-state index contributed by atoms with van der Waals surface area (Å²) < 4.78 is 6.11. The number of fused-ring (bicyclic) bond motifs is 5. The predicted octanol–water partition coefficient (Wildman–Crippen LogP) is 2.51. The average Bonchev–Trinajstić information content (AvgIpc) is 3.08. The number of nitrogens with zero attached hydrogens (tertiary/aromatic N) is 1. The number of carbonyl (C=O) groups excluding carboxylic acids is 1. The van der Waals surface area contributed by atoms with Gasteiger partial charge in [0.1, 0.15) is 13.1 Å². The third-order valence-corrected chi connectivity index (χ3v) is 6.16. The first-order valence-corrected chi connectivity index (χ1v) is 10.0. The third-order valence-electron chi connectivity index (χ3n) is 6.16. The zero-order valence-electron chi connectivity index (χ0n) is 16.5. The maximum absolute atomic E-state index is 12.8. The van der Waals surface area contributed by atoms with Crippen molar-refractivity contribution in [3.05, 3.63) is 63.9 Å². The van der Waals surface area contributed by atoms with Crippen molar-refractivity contribution in [1.29, 1.82) is 0 Å². The van der Waals surface area contributed by atoms with Gasteiger partial charge in [-0.25, -0.2) is 0 Å². The van der Waals surface area contributed by atoms with Gasteiger partial charge in [-0.15, -0.1) is 0 Å². The molecule has 1 amide bonds. The summed E-state index contributed by atoms with van der Waals surface area (Å²) in [4.78, 5) is 28.5.